The summed E-state index contributed by atoms with van der Waals surface area (Å²) in [6.45, 7) is 6.91. The van der Waals surface area contributed by atoms with Crippen LogP contribution >= 0.6 is 0 Å². The van der Waals surface area contributed by atoms with Crippen molar-refractivity contribution in [3.63, 3.8) is 0 Å². The van der Waals surface area contributed by atoms with Gasteiger partial charge in [0.1, 0.15) is 0 Å². The van der Waals surface area contributed by atoms with Crippen molar-refractivity contribution in [3.05, 3.63) is 0 Å². The van der Waals surface area contributed by atoms with Crippen LogP contribution in [-0.4, -0.2) is 18.5 Å². The fourth-order valence-electron chi connectivity index (χ4n) is 1.51. The molecule has 3 heteroatoms. The molecule has 1 rings (SSSR count). The molecule has 3 nitrogen and oxygen atoms in total. The molecule has 0 aliphatic heterocycles. The molecule has 0 bridgehead atoms. The van der Waals surface area contributed by atoms with E-state index < -0.39 is 0 Å². The third-order valence-electron chi connectivity index (χ3n) is 3.05. The number of rotatable bonds is 5. The van der Waals surface area contributed by atoms with E-state index in [1.165, 1.54) is 12.8 Å². The number of carbonyl (C=O) groups excluding carboxylic acids is 1. The molecule has 0 spiro atoms. The summed E-state index contributed by atoms with van der Waals surface area (Å²) in [7, 11) is 0. The molecule has 2 atom stereocenters. The summed E-state index contributed by atoms with van der Waals surface area (Å²) in [5.74, 6) is 1.66. The topological polar surface area (TPSA) is 55.1 Å². The van der Waals surface area contributed by atoms with E-state index in [1.807, 2.05) is 13.8 Å². The molecule has 3 N–H and O–H groups in total. The van der Waals surface area contributed by atoms with Crippen LogP contribution < -0.4 is 11.1 Å². The lowest BCUT2D eigenvalue weighted by molar-refractivity contribution is -0.123. The first-order valence-corrected chi connectivity index (χ1v) is 5.55. The minimum Gasteiger partial charge on any atom is -0.354 e. The number of nitrogens with one attached hydrogen (secondary N) is 1. The van der Waals surface area contributed by atoms with Gasteiger partial charge < -0.3 is 11.1 Å². The smallest absolute Gasteiger partial charge is 0.237 e. The van der Waals surface area contributed by atoms with E-state index in [2.05, 4.69) is 12.2 Å². The Labute approximate surface area is 86.4 Å². The lowest BCUT2D eigenvalue weighted by Crippen LogP contribution is -2.45. The normalized spacial score (nSPS) is 20.6. The van der Waals surface area contributed by atoms with Gasteiger partial charge in [0.05, 0.1) is 6.04 Å². The Hall–Kier alpha value is -0.570. The number of hydrogen-bond acceptors (Lipinski definition) is 2. The molecule has 0 aromatic rings. The molecule has 0 aromatic carbocycles. The minimum atomic E-state index is -0.360. The van der Waals surface area contributed by atoms with Crippen molar-refractivity contribution in [2.45, 2.75) is 39.7 Å². The fraction of sp³-hybridized carbons (Fsp3) is 0.909. The summed E-state index contributed by atoms with van der Waals surface area (Å²) in [4.78, 5) is 11.5. The van der Waals surface area contributed by atoms with E-state index in [4.69, 9.17) is 5.73 Å². The Bertz CT molecular complexity index is 199. The van der Waals surface area contributed by atoms with Crippen LogP contribution in [0.25, 0.3) is 0 Å². The van der Waals surface area contributed by atoms with Crippen LogP contribution in [0.3, 0.4) is 0 Å². The Morgan fingerprint density at radius 1 is 1.43 bits per heavy atom. The average molecular weight is 198 g/mol. The Balaban J connectivity index is 2.19. The van der Waals surface area contributed by atoms with Crippen LogP contribution in [0.5, 0.6) is 0 Å². The van der Waals surface area contributed by atoms with Crippen molar-refractivity contribution < 1.29 is 4.79 Å². The van der Waals surface area contributed by atoms with Gasteiger partial charge in [0.25, 0.3) is 0 Å². The molecule has 1 fully saturated rings. The van der Waals surface area contributed by atoms with Crippen molar-refractivity contribution in [1.29, 1.82) is 0 Å². The van der Waals surface area contributed by atoms with Crippen molar-refractivity contribution in [2.75, 3.05) is 6.54 Å². The summed E-state index contributed by atoms with van der Waals surface area (Å²) < 4.78 is 0. The second kappa shape index (κ2) is 4.78. The average Bonchev–Trinajstić information content (AvgIpc) is 2.95. The Morgan fingerprint density at radius 2 is 2.00 bits per heavy atom. The van der Waals surface area contributed by atoms with Gasteiger partial charge in [-0.2, -0.15) is 0 Å². The number of carbonyl (C=O) groups is 1. The molecule has 0 saturated heterocycles. The van der Waals surface area contributed by atoms with Crippen molar-refractivity contribution in [2.24, 2.45) is 23.5 Å². The molecule has 1 aliphatic rings. The van der Waals surface area contributed by atoms with Crippen LogP contribution in [-0.2, 0) is 4.79 Å². The predicted octanol–water partition coefficient (Wildman–Crippen LogP) is 1.13. The zero-order chi connectivity index (χ0) is 10.7. The highest BCUT2D eigenvalue weighted by atomic mass is 16.2. The standard InChI is InChI=1S/C11H22N2O/c1-7(2)10(12)11(14)13-6-8(3)9-4-5-9/h7-10H,4-6,12H2,1-3H3,(H,13,14)/t8?,10-/m0/s1. The van der Waals surface area contributed by atoms with Gasteiger partial charge in [-0.05, 0) is 30.6 Å². The number of nitrogens with two attached hydrogens (primary N) is 1. The van der Waals surface area contributed by atoms with Crippen LogP contribution in [0.15, 0.2) is 0 Å². The Kier molecular flexibility index (Phi) is 3.93. The maximum absolute atomic E-state index is 11.5. The third kappa shape index (κ3) is 3.29. The van der Waals surface area contributed by atoms with Gasteiger partial charge in [-0.3, -0.25) is 4.79 Å². The summed E-state index contributed by atoms with van der Waals surface area (Å²) >= 11 is 0. The third-order valence-corrected chi connectivity index (χ3v) is 3.05. The zero-order valence-electron chi connectivity index (χ0n) is 9.42. The molecule has 0 aromatic heterocycles. The van der Waals surface area contributed by atoms with Crippen molar-refractivity contribution >= 4 is 5.91 Å². The van der Waals surface area contributed by atoms with Gasteiger partial charge in [-0.15, -0.1) is 0 Å². The maximum Gasteiger partial charge on any atom is 0.237 e. The molecule has 1 unspecified atom stereocenters. The highest BCUT2D eigenvalue weighted by molar-refractivity contribution is 5.81. The molecule has 0 heterocycles. The van der Waals surface area contributed by atoms with E-state index in [-0.39, 0.29) is 17.9 Å². The van der Waals surface area contributed by atoms with Gasteiger partial charge in [0.15, 0.2) is 0 Å². The van der Waals surface area contributed by atoms with E-state index in [1.54, 1.807) is 0 Å². The molecule has 1 saturated carbocycles. The molecule has 82 valence electrons. The fourth-order valence-corrected chi connectivity index (χ4v) is 1.51. The van der Waals surface area contributed by atoms with E-state index >= 15 is 0 Å². The minimum absolute atomic E-state index is 0.00694. The van der Waals surface area contributed by atoms with Crippen LogP contribution in [0, 0.1) is 17.8 Å². The highest BCUT2D eigenvalue weighted by Crippen LogP contribution is 2.36. The van der Waals surface area contributed by atoms with Gasteiger partial charge >= 0.3 is 0 Å². The van der Waals surface area contributed by atoms with Gasteiger partial charge in [0, 0.05) is 6.54 Å². The van der Waals surface area contributed by atoms with Crippen molar-refractivity contribution in [1.82, 2.24) is 5.32 Å². The second-order valence-electron chi connectivity index (χ2n) is 4.83. The molecular weight excluding hydrogens is 176 g/mol. The monoisotopic (exact) mass is 198 g/mol. The zero-order valence-corrected chi connectivity index (χ0v) is 9.42. The highest BCUT2D eigenvalue weighted by Gasteiger charge is 2.28. The first-order valence-electron chi connectivity index (χ1n) is 5.55. The molecule has 1 amide bonds. The van der Waals surface area contributed by atoms with E-state index in [0.29, 0.717) is 5.92 Å². The van der Waals surface area contributed by atoms with Gasteiger partial charge in [-0.25, -0.2) is 0 Å². The summed E-state index contributed by atoms with van der Waals surface area (Å²) in [6, 6.07) is -0.360. The summed E-state index contributed by atoms with van der Waals surface area (Å²) in [5.41, 5.74) is 5.73. The summed E-state index contributed by atoms with van der Waals surface area (Å²) in [6.07, 6.45) is 2.65. The van der Waals surface area contributed by atoms with Crippen LogP contribution in [0.2, 0.25) is 0 Å². The van der Waals surface area contributed by atoms with Gasteiger partial charge in [-0.1, -0.05) is 20.8 Å². The van der Waals surface area contributed by atoms with Gasteiger partial charge in [0.2, 0.25) is 5.91 Å². The van der Waals surface area contributed by atoms with E-state index in [9.17, 15) is 4.79 Å². The molecular formula is C11H22N2O. The van der Waals surface area contributed by atoms with E-state index in [0.717, 1.165) is 12.5 Å². The number of hydrogen-bond donors (Lipinski definition) is 2. The molecule has 1 aliphatic carbocycles. The second-order valence-corrected chi connectivity index (χ2v) is 4.83. The maximum atomic E-state index is 11.5. The first kappa shape index (κ1) is 11.5. The first-order chi connectivity index (χ1) is 6.52. The lowest BCUT2D eigenvalue weighted by atomic mass is 10.0. The summed E-state index contributed by atoms with van der Waals surface area (Å²) in [5, 5.41) is 2.92. The largest absolute Gasteiger partial charge is 0.354 e. The predicted molar refractivity (Wildman–Crippen MR) is 57.7 cm³/mol. The quantitative estimate of drug-likeness (QED) is 0.696. The SMILES string of the molecule is CC(CNC(=O)[C@@H](N)C(C)C)C1CC1. The van der Waals surface area contributed by atoms with Crippen molar-refractivity contribution in [3.8, 4) is 0 Å². The molecule has 14 heavy (non-hydrogen) atoms. The lowest BCUT2D eigenvalue weighted by Gasteiger charge is -2.17. The number of amides is 1. The van der Waals surface area contributed by atoms with Crippen LogP contribution in [0.4, 0.5) is 0 Å². The van der Waals surface area contributed by atoms with Crippen LogP contribution in [0.1, 0.15) is 33.6 Å². The Morgan fingerprint density at radius 3 is 2.43 bits per heavy atom. The molecule has 0 radical (unpaired) electrons.